The first-order valence-electron chi connectivity index (χ1n) is 10.6. The van der Waals surface area contributed by atoms with Gasteiger partial charge in [-0.1, -0.05) is 18.6 Å². The Hall–Kier alpha value is -2.38. The Balaban J connectivity index is 1.54. The first-order valence-corrected chi connectivity index (χ1v) is 12.0. The van der Waals surface area contributed by atoms with Gasteiger partial charge in [-0.15, -0.1) is 0 Å². The molecule has 1 aliphatic rings. The second-order valence-electron chi connectivity index (χ2n) is 7.89. The summed E-state index contributed by atoms with van der Waals surface area (Å²) in [5.41, 5.74) is 2.92. The summed E-state index contributed by atoms with van der Waals surface area (Å²) in [6.45, 7) is 7.74. The lowest BCUT2D eigenvalue weighted by Crippen LogP contribution is -2.33. The molecule has 1 heterocycles. The predicted octanol–water partition coefficient (Wildman–Crippen LogP) is 3.71. The number of benzene rings is 2. The molecule has 1 amide bonds. The molecular weight excluding hydrogens is 398 g/mol. The van der Waals surface area contributed by atoms with Crippen molar-refractivity contribution in [2.24, 2.45) is 0 Å². The molecule has 30 heavy (non-hydrogen) atoms. The number of piperidine rings is 1. The van der Waals surface area contributed by atoms with Crippen LogP contribution in [-0.4, -0.2) is 45.4 Å². The lowest BCUT2D eigenvalue weighted by atomic mass is 10.1. The highest BCUT2D eigenvalue weighted by Crippen LogP contribution is 2.22. The number of anilines is 1. The average molecular weight is 430 g/mol. The van der Waals surface area contributed by atoms with Crippen molar-refractivity contribution in [3.8, 4) is 0 Å². The summed E-state index contributed by atoms with van der Waals surface area (Å²) >= 11 is 0. The number of likely N-dealkylation sites (tertiary alicyclic amines) is 1. The first kappa shape index (κ1) is 22.3. The Morgan fingerprint density at radius 3 is 2.40 bits per heavy atom. The van der Waals surface area contributed by atoms with Crippen molar-refractivity contribution in [2.75, 3.05) is 30.9 Å². The number of aryl methyl sites for hydroxylation is 1. The first-order chi connectivity index (χ1) is 14.4. The number of nitrogens with one attached hydrogen (secondary N) is 2. The number of sulfonamides is 1. The van der Waals surface area contributed by atoms with E-state index < -0.39 is 10.0 Å². The van der Waals surface area contributed by atoms with Gasteiger partial charge in [-0.25, -0.2) is 8.42 Å². The molecule has 2 aromatic carbocycles. The molecule has 0 radical (unpaired) electrons. The number of rotatable bonds is 8. The van der Waals surface area contributed by atoms with E-state index in [9.17, 15) is 13.2 Å². The van der Waals surface area contributed by atoms with Gasteiger partial charge >= 0.3 is 0 Å². The molecule has 2 aromatic rings. The highest BCUT2D eigenvalue weighted by Gasteiger charge is 2.17. The van der Waals surface area contributed by atoms with Crippen LogP contribution in [0.5, 0.6) is 0 Å². The lowest BCUT2D eigenvalue weighted by Gasteiger charge is -2.26. The Morgan fingerprint density at radius 1 is 1.00 bits per heavy atom. The van der Waals surface area contributed by atoms with E-state index in [0.717, 1.165) is 37.2 Å². The molecule has 1 saturated heterocycles. The van der Waals surface area contributed by atoms with Gasteiger partial charge in [0.25, 0.3) is 15.9 Å². The molecule has 1 aliphatic heterocycles. The normalized spacial score (nSPS) is 15.0. The Morgan fingerprint density at radius 2 is 1.70 bits per heavy atom. The molecule has 0 saturated carbocycles. The van der Waals surface area contributed by atoms with E-state index in [-0.39, 0.29) is 10.8 Å². The van der Waals surface area contributed by atoms with Crippen molar-refractivity contribution in [1.82, 2.24) is 10.2 Å². The van der Waals surface area contributed by atoms with Crippen LogP contribution in [0.1, 0.15) is 47.2 Å². The Bertz CT molecular complexity index is 966. The van der Waals surface area contributed by atoms with Crippen molar-refractivity contribution < 1.29 is 13.2 Å². The summed E-state index contributed by atoms with van der Waals surface area (Å²) in [5.74, 6) is -0.180. The fourth-order valence-electron chi connectivity index (χ4n) is 3.64. The van der Waals surface area contributed by atoms with E-state index in [1.54, 1.807) is 18.2 Å². The highest BCUT2D eigenvalue weighted by molar-refractivity contribution is 7.92. The van der Waals surface area contributed by atoms with Gasteiger partial charge in [-0.2, -0.15) is 0 Å². The van der Waals surface area contributed by atoms with Crippen molar-refractivity contribution >= 4 is 21.6 Å². The van der Waals surface area contributed by atoms with Crippen LogP contribution in [0.15, 0.2) is 47.4 Å². The second kappa shape index (κ2) is 10.1. The third kappa shape index (κ3) is 5.83. The van der Waals surface area contributed by atoms with E-state index in [4.69, 9.17) is 0 Å². The molecule has 162 valence electrons. The molecule has 0 atom stereocenters. The van der Waals surface area contributed by atoms with Crippen LogP contribution in [-0.2, 0) is 10.0 Å². The summed E-state index contributed by atoms with van der Waals surface area (Å²) in [4.78, 5) is 14.9. The summed E-state index contributed by atoms with van der Waals surface area (Å²) < 4.78 is 28.0. The molecule has 6 nitrogen and oxygen atoms in total. The van der Waals surface area contributed by atoms with Crippen LogP contribution in [0.2, 0.25) is 0 Å². The zero-order valence-corrected chi connectivity index (χ0v) is 18.6. The van der Waals surface area contributed by atoms with Crippen LogP contribution in [0.25, 0.3) is 0 Å². The SMILES string of the molecule is Cc1cccc(NS(=O)(=O)c2ccc(C(=O)NCCCN3CCCCC3)cc2)c1C. The topological polar surface area (TPSA) is 78.5 Å². The molecule has 0 spiro atoms. The summed E-state index contributed by atoms with van der Waals surface area (Å²) in [7, 11) is -3.72. The van der Waals surface area contributed by atoms with Gasteiger partial charge in [-0.3, -0.25) is 9.52 Å². The summed E-state index contributed by atoms with van der Waals surface area (Å²) in [5, 5.41) is 2.92. The third-order valence-electron chi connectivity index (χ3n) is 5.66. The summed E-state index contributed by atoms with van der Waals surface area (Å²) in [6, 6.07) is 11.5. The van der Waals surface area contributed by atoms with Crippen molar-refractivity contribution in [3.63, 3.8) is 0 Å². The van der Waals surface area contributed by atoms with Gasteiger partial charge in [0.2, 0.25) is 0 Å². The van der Waals surface area contributed by atoms with Crippen LogP contribution < -0.4 is 10.0 Å². The van der Waals surface area contributed by atoms with Crippen molar-refractivity contribution in [2.45, 2.75) is 44.4 Å². The Kier molecular flexibility index (Phi) is 7.50. The summed E-state index contributed by atoms with van der Waals surface area (Å²) in [6.07, 6.45) is 4.76. The zero-order chi connectivity index (χ0) is 21.6. The van der Waals surface area contributed by atoms with Gasteiger partial charge < -0.3 is 10.2 Å². The predicted molar refractivity (Wildman–Crippen MR) is 120 cm³/mol. The number of carbonyl (C=O) groups excluding carboxylic acids is 1. The Labute approximate surface area is 179 Å². The van der Waals surface area contributed by atoms with Crippen molar-refractivity contribution in [3.05, 3.63) is 59.2 Å². The number of carbonyl (C=O) groups is 1. The van der Waals surface area contributed by atoms with Crippen LogP contribution in [0.3, 0.4) is 0 Å². The average Bonchev–Trinajstić information content (AvgIpc) is 2.75. The van der Waals surface area contributed by atoms with Gasteiger partial charge in [0, 0.05) is 12.1 Å². The molecular formula is C23H31N3O3S. The smallest absolute Gasteiger partial charge is 0.261 e. The van der Waals surface area contributed by atoms with Gasteiger partial charge in [0.05, 0.1) is 10.6 Å². The zero-order valence-electron chi connectivity index (χ0n) is 17.8. The molecule has 0 aliphatic carbocycles. The van der Waals surface area contributed by atoms with Crippen LogP contribution in [0.4, 0.5) is 5.69 Å². The van der Waals surface area contributed by atoms with E-state index in [2.05, 4.69) is 14.9 Å². The fraction of sp³-hybridized carbons (Fsp3) is 0.435. The third-order valence-corrected chi connectivity index (χ3v) is 7.04. The molecule has 1 fully saturated rings. The number of nitrogens with zero attached hydrogens (tertiary/aromatic N) is 1. The van der Waals surface area contributed by atoms with Gasteiger partial charge in [0.1, 0.15) is 0 Å². The maximum atomic E-state index is 12.7. The van der Waals surface area contributed by atoms with E-state index >= 15 is 0 Å². The van der Waals surface area contributed by atoms with Crippen LogP contribution in [0, 0.1) is 13.8 Å². The fourth-order valence-corrected chi connectivity index (χ4v) is 4.76. The quantitative estimate of drug-likeness (QED) is 0.627. The minimum atomic E-state index is -3.72. The second-order valence-corrected chi connectivity index (χ2v) is 9.57. The number of hydrogen-bond acceptors (Lipinski definition) is 4. The molecule has 7 heteroatoms. The monoisotopic (exact) mass is 429 g/mol. The van der Waals surface area contributed by atoms with E-state index in [0.29, 0.717) is 17.8 Å². The lowest BCUT2D eigenvalue weighted by molar-refractivity contribution is 0.0951. The molecule has 0 bridgehead atoms. The maximum absolute atomic E-state index is 12.7. The van der Waals surface area contributed by atoms with Crippen LogP contribution >= 0.6 is 0 Å². The molecule has 0 unspecified atom stereocenters. The van der Waals surface area contributed by atoms with Crippen molar-refractivity contribution in [1.29, 1.82) is 0 Å². The maximum Gasteiger partial charge on any atom is 0.261 e. The molecule has 0 aromatic heterocycles. The van der Waals surface area contributed by atoms with Gasteiger partial charge in [-0.05, 0) is 94.2 Å². The van der Waals surface area contributed by atoms with E-state index in [1.165, 1.54) is 31.4 Å². The number of amides is 1. The molecule has 3 rings (SSSR count). The minimum absolute atomic E-state index is 0.130. The highest BCUT2D eigenvalue weighted by atomic mass is 32.2. The number of hydrogen-bond donors (Lipinski definition) is 2. The van der Waals surface area contributed by atoms with Gasteiger partial charge in [0.15, 0.2) is 0 Å². The molecule has 2 N–H and O–H groups in total. The standard InChI is InChI=1S/C23H31N3O3S/c1-18-8-6-9-22(19(18)2)25-30(28,29)21-12-10-20(11-13-21)23(27)24-14-7-17-26-15-4-3-5-16-26/h6,8-13,25H,3-5,7,14-17H2,1-2H3,(H,24,27). The minimum Gasteiger partial charge on any atom is -0.352 e. The van der Waals surface area contributed by atoms with E-state index in [1.807, 2.05) is 26.0 Å². The largest absolute Gasteiger partial charge is 0.352 e.